The van der Waals surface area contributed by atoms with Gasteiger partial charge in [0.15, 0.2) is 0 Å². The molecule has 0 aliphatic heterocycles. The molecular weight excluding hydrogens is 248 g/mol. The van der Waals surface area contributed by atoms with Crippen LogP contribution in [0.1, 0.15) is 10.4 Å². The molecule has 0 aliphatic carbocycles. The van der Waals surface area contributed by atoms with Crippen molar-refractivity contribution in [2.45, 2.75) is 0 Å². The van der Waals surface area contributed by atoms with Crippen molar-refractivity contribution in [2.75, 3.05) is 24.6 Å². The van der Waals surface area contributed by atoms with E-state index in [1.807, 2.05) is 0 Å². The molecule has 0 atom stereocenters. The number of rotatable bonds is 6. The van der Waals surface area contributed by atoms with E-state index in [1.54, 1.807) is 12.1 Å². The zero-order valence-electron chi connectivity index (χ0n) is 10.4. The minimum atomic E-state index is -1.06. The number of aromatic carboxylic acids is 1. The van der Waals surface area contributed by atoms with Gasteiger partial charge in [-0.15, -0.1) is 0 Å². The second-order valence-electron chi connectivity index (χ2n) is 3.66. The molecule has 0 fully saturated rings. The van der Waals surface area contributed by atoms with Gasteiger partial charge in [0.2, 0.25) is 0 Å². The summed E-state index contributed by atoms with van der Waals surface area (Å²) in [4.78, 5) is 24.0. The fourth-order valence-electron chi connectivity index (χ4n) is 1.47. The third-order valence-electron chi connectivity index (χ3n) is 2.30. The van der Waals surface area contributed by atoms with Crippen LogP contribution >= 0.6 is 0 Å². The highest BCUT2D eigenvalue weighted by molar-refractivity contribution is 5.92. The van der Waals surface area contributed by atoms with E-state index < -0.39 is 12.1 Å². The molecule has 0 heterocycles. The van der Waals surface area contributed by atoms with E-state index >= 15 is 0 Å². The summed E-state index contributed by atoms with van der Waals surface area (Å²) in [6.45, 7) is 4.00. The number of hydrogen-bond donors (Lipinski definition) is 2. The molecule has 6 heteroatoms. The zero-order chi connectivity index (χ0) is 14.3. The molecule has 3 N–H and O–H groups in total. The summed E-state index contributed by atoms with van der Waals surface area (Å²) in [5.41, 5.74) is 5.97. The molecule has 0 saturated heterocycles. The predicted octanol–water partition coefficient (Wildman–Crippen LogP) is 1.47. The minimum Gasteiger partial charge on any atom is -0.478 e. The number of carbonyl (C=O) groups excluding carboxylic acids is 1. The Bertz CT molecular complexity index is 473. The number of anilines is 1. The highest BCUT2D eigenvalue weighted by Crippen LogP contribution is 2.17. The van der Waals surface area contributed by atoms with Crippen LogP contribution in [0.3, 0.4) is 0 Å². The van der Waals surface area contributed by atoms with Gasteiger partial charge < -0.3 is 15.6 Å². The average Bonchev–Trinajstić information content (AvgIpc) is 2.42. The normalized spacial score (nSPS) is 9.74. The van der Waals surface area contributed by atoms with Gasteiger partial charge in [-0.05, 0) is 18.2 Å². The number of benzene rings is 1. The summed E-state index contributed by atoms with van der Waals surface area (Å²) in [5, 5.41) is 8.93. The lowest BCUT2D eigenvalue weighted by Crippen LogP contribution is -2.36. The maximum absolute atomic E-state index is 11.8. The van der Waals surface area contributed by atoms with E-state index in [0.717, 1.165) is 0 Å². The first-order valence-electron chi connectivity index (χ1n) is 5.68. The molecule has 1 rings (SSSR count). The number of amides is 1. The molecule has 6 nitrogen and oxygen atoms in total. The lowest BCUT2D eigenvalue weighted by atomic mass is 10.2. The van der Waals surface area contributed by atoms with E-state index in [1.165, 1.54) is 23.1 Å². The SMILES string of the molecule is C=CCOC(=O)N(CCN)c1cccc(C(=O)O)c1. The quantitative estimate of drug-likeness (QED) is 0.759. The van der Waals surface area contributed by atoms with Crippen molar-refractivity contribution in [3.8, 4) is 0 Å². The summed E-state index contributed by atoms with van der Waals surface area (Å²) in [7, 11) is 0. The van der Waals surface area contributed by atoms with Gasteiger partial charge in [-0.3, -0.25) is 4.90 Å². The largest absolute Gasteiger partial charge is 0.478 e. The average molecular weight is 264 g/mol. The van der Waals surface area contributed by atoms with Crippen molar-refractivity contribution in [1.82, 2.24) is 0 Å². The Morgan fingerprint density at radius 1 is 1.47 bits per heavy atom. The van der Waals surface area contributed by atoms with Gasteiger partial charge in [-0.2, -0.15) is 0 Å². The van der Waals surface area contributed by atoms with Gasteiger partial charge in [0.1, 0.15) is 6.61 Å². The molecule has 0 bridgehead atoms. The number of nitrogens with zero attached hydrogens (tertiary/aromatic N) is 1. The minimum absolute atomic E-state index is 0.0819. The second-order valence-corrected chi connectivity index (χ2v) is 3.66. The highest BCUT2D eigenvalue weighted by Gasteiger charge is 2.17. The molecule has 0 aromatic heterocycles. The highest BCUT2D eigenvalue weighted by atomic mass is 16.6. The van der Waals surface area contributed by atoms with Crippen LogP contribution in [0.25, 0.3) is 0 Å². The third-order valence-corrected chi connectivity index (χ3v) is 2.30. The van der Waals surface area contributed by atoms with Crippen molar-refractivity contribution in [3.63, 3.8) is 0 Å². The topological polar surface area (TPSA) is 92.9 Å². The first-order chi connectivity index (χ1) is 9.10. The van der Waals surface area contributed by atoms with Gasteiger partial charge in [0, 0.05) is 18.8 Å². The van der Waals surface area contributed by atoms with Crippen LogP contribution in [0.2, 0.25) is 0 Å². The van der Waals surface area contributed by atoms with E-state index in [0.29, 0.717) is 5.69 Å². The smallest absolute Gasteiger partial charge is 0.414 e. The molecular formula is C13H16N2O4. The number of nitrogens with two attached hydrogens (primary N) is 1. The monoisotopic (exact) mass is 264 g/mol. The van der Waals surface area contributed by atoms with E-state index in [9.17, 15) is 9.59 Å². The first kappa shape index (κ1) is 14.7. The summed E-state index contributed by atoms with van der Waals surface area (Å²) in [6, 6.07) is 6.02. The molecule has 19 heavy (non-hydrogen) atoms. The number of carboxylic acids is 1. The van der Waals surface area contributed by atoms with Gasteiger partial charge >= 0.3 is 12.1 Å². The molecule has 0 aliphatic rings. The van der Waals surface area contributed by atoms with Gasteiger partial charge in [0.05, 0.1) is 5.56 Å². The first-order valence-corrected chi connectivity index (χ1v) is 5.68. The van der Waals surface area contributed by atoms with Gasteiger partial charge in [0.25, 0.3) is 0 Å². The molecule has 1 aromatic carbocycles. The van der Waals surface area contributed by atoms with Crippen molar-refractivity contribution in [3.05, 3.63) is 42.5 Å². The van der Waals surface area contributed by atoms with Crippen molar-refractivity contribution in [2.24, 2.45) is 5.73 Å². The molecule has 0 unspecified atom stereocenters. The summed E-state index contributed by atoms with van der Waals surface area (Å²) < 4.78 is 4.93. The lowest BCUT2D eigenvalue weighted by molar-refractivity contribution is 0.0696. The van der Waals surface area contributed by atoms with Crippen LogP contribution in [-0.4, -0.2) is 36.9 Å². The number of hydrogen-bond acceptors (Lipinski definition) is 4. The maximum atomic E-state index is 11.8. The molecule has 0 saturated carbocycles. The standard InChI is InChI=1S/C13H16N2O4/c1-2-8-19-13(18)15(7-6-14)11-5-3-4-10(9-11)12(16)17/h2-5,9H,1,6-8,14H2,(H,16,17). The van der Waals surface area contributed by atoms with Gasteiger partial charge in [-0.1, -0.05) is 18.7 Å². The van der Waals surface area contributed by atoms with Crippen LogP contribution in [0.5, 0.6) is 0 Å². The Kier molecular flexibility index (Phi) is 5.56. The molecule has 0 radical (unpaired) electrons. The third kappa shape index (κ3) is 4.11. The van der Waals surface area contributed by atoms with E-state index in [-0.39, 0.29) is 25.3 Å². The Morgan fingerprint density at radius 2 is 2.21 bits per heavy atom. The molecule has 1 amide bonds. The van der Waals surface area contributed by atoms with Crippen molar-refractivity contribution >= 4 is 17.7 Å². The number of ether oxygens (including phenoxy) is 1. The van der Waals surface area contributed by atoms with Crippen LogP contribution in [0, 0.1) is 0 Å². The summed E-state index contributed by atoms with van der Waals surface area (Å²) in [5.74, 6) is -1.06. The van der Waals surface area contributed by atoms with E-state index in [2.05, 4.69) is 6.58 Å². The van der Waals surface area contributed by atoms with Gasteiger partial charge in [-0.25, -0.2) is 9.59 Å². The Balaban J connectivity index is 2.97. The maximum Gasteiger partial charge on any atom is 0.414 e. The molecule has 0 spiro atoms. The number of carboxylic acid groups (broad SMARTS) is 1. The van der Waals surface area contributed by atoms with E-state index in [4.69, 9.17) is 15.6 Å². The summed E-state index contributed by atoms with van der Waals surface area (Å²) >= 11 is 0. The Labute approximate surface area is 111 Å². The fraction of sp³-hybridized carbons (Fsp3) is 0.231. The van der Waals surface area contributed by atoms with Crippen molar-refractivity contribution < 1.29 is 19.4 Å². The van der Waals surface area contributed by atoms with Crippen LogP contribution in [-0.2, 0) is 4.74 Å². The zero-order valence-corrected chi connectivity index (χ0v) is 10.4. The lowest BCUT2D eigenvalue weighted by Gasteiger charge is -2.21. The molecule has 102 valence electrons. The fourth-order valence-corrected chi connectivity index (χ4v) is 1.47. The second kappa shape index (κ2) is 7.17. The van der Waals surface area contributed by atoms with Crippen LogP contribution in [0.4, 0.5) is 10.5 Å². The molecule has 1 aromatic rings. The Morgan fingerprint density at radius 3 is 2.79 bits per heavy atom. The summed E-state index contributed by atoms with van der Waals surface area (Å²) in [6.07, 6.45) is 0.861. The predicted molar refractivity (Wildman–Crippen MR) is 71.3 cm³/mol. The number of carbonyl (C=O) groups is 2. The van der Waals surface area contributed by atoms with Crippen molar-refractivity contribution in [1.29, 1.82) is 0 Å². The Hall–Kier alpha value is -2.34. The van der Waals surface area contributed by atoms with Crippen LogP contribution < -0.4 is 10.6 Å². The van der Waals surface area contributed by atoms with Crippen LogP contribution in [0.15, 0.2) is 36.9 Å².